The minimum atomic E-state index is -3.88. The van der Waals surface area contributed by atoms with Gasteiger partial charge in [0, 0.05) is 15.6 Å². The number of benzene rings is 1. The van der Waals surface area contributed by atoms with Crippen molar-refractivity contribution in [2.45, 2.75) is 16.7 Å². The van der Waals surface area contributed by atoms with Gasteiger partial charge in [0.05, 0.1) is 5.56 Å². The number of halogens is 1. The van der Waals surface area contributed by atoms with Crippen LogP contribution in [0.3, 0.4) is 0 Å². The van der Waals surface area contributed by atoms with Crippen molar-refractivity contribution in [1.29, 1.82) is 5.26 Å². The van der Waals surface area contributed by atoms with Crippen molar-refractivity contribution in [3.05, 3.63) is 23.3 Å². The van der Waals surface area contributed by atoms with E-state index < -0.39 is 9.05 Å². The Kier molecular flexibility index (Phi) is 3.10. The Balaban J connectivity index is 3.68. The van der Waals surface area contributed by atoms with Crippen molar-refractivity contribution in [2.75, 3.05) is 0 Å². The summed E-state index contributed by atoms with van der Waals surface area (Å²) in [6.45, 7) is 1.57. The minimum Gasteiger partial charge on any atom is -0.207 e. The van der Waals surface area contributed by atoms with Crippen LogP contribution < -0.4 is 0 Å². The second kappa shape index (κ2) is 3.81. The Hall–Kier alpha value is -0.700. The van der Waals surface area contributed by atoms with Gasteiger partial charge in [-0.05, 0) is 24.6 Å². The molecule has 0 aromatic heterocycles. The summed E-state index contributed by atoms with van der Waals surface area (Å²) in [6.07, 6.45) is 0. The number of nitriles is 1. The Morgan fingerprint density at radius 3 is 2.50 bits per heavy atom. The Morgan fingerprint density at radius 1 is 1.50 bits per heavy atom. The molecule has 0 spiro atoms. The molecule has 0 aliphatic rings. The van der Waals surface area contributed by atoms with Gasteiger partial charge in [-0.3, -0.25) is 0 Å². The van der Waals surface area contributed by atoms with Crippen LogP contribution in [0.1, 0.15) is 11.1 Å². The van der Waals surface area contributed by atoms with E-state index in [0.717, 1.165) is 0 Å². The fourth-order valence-electron chi connectivity index (χ4n) is 1.16. The van der Waals surface area contributed by atoms with Gasteiger partial charge in [0.1, 0.15) is 11.0 Å². The molecule has 0 aliphatic carbocycles. The van der Waals surface area contributed by atoms with E-state index >= 15 is 0 Å². The predicted octanol–water partition coefficient (Wildman–Crippen LogP) is 2.08. The molecule has 1 aromatic rings. The van der Waals surface area contributed by atoms with E-state index in [0.29, 0.717) is 10.5 Å². The zero-order valence-electron chi connectivity index (χ0n) is 7.15. The van der Waals surface area contributed by atoms with Crippen LogP contribution in [-0.4, -0.2) is 8.42 Å². The van der Waals surface area contributed by atoms with Crippen molar-refractivity contribution in [3.63, 3.8) is 0 Å². The van der Waals surface area contributed by atoms with Gasteiger partial charge < -0.3 is 0 Å². The third-order valence-corrected chi connectivity index (χ3v) is 3.37. The smallest absolute Gasteiger partial charge is 0.207 e. The van der Waals surface area contributed by atoms with Gasteiger partial charge in [-0.2, -0.15) is 5.26 Å². The van der Waals surface area contributed by atoms with Gasteiger partial charge in [0.15, 0.2) is 0 Å². The molecule has 1 rings (SSSR count). The maximum Gasteiger partial charge on any atom is 0.262 e. The van der Waals surface area contributed by atoms with Crippen molar-refractivity contribution >= 4 is 32.4 Å². The van der Waals surface area contributed by atoms with Gasteiger partial charge in [-0.25, -0.2) is 8.42 Å². The molecule has 0 radical (unpaired) electrons. The highest BCUT2D eigenvalue weighted by Gasteiger charge is 2.18. The zero-order valence-corrected chi connectivity index (χ0v) is 9.62. The molecule has 3 nitrogen and oxygen atoms in total. The molecule has 0 fully saturated rings. The quantitative estimate of drug-likeness (QED) is 0.611. The van der Waals surface area contributed by atoms with Crippen molar-refractivity contribution in [2.24, 2.45) is 0 Å². The first-order valence-electron chi connectivity index (χ1n) is 3.54. The molecule has 0 saturated carbocycles. The molecule has 0 saturated heterocycles. The molecule has 0 aliphatic heterocycles. The molecule has 0 amide bonds. The number of aryl methyl sites for hydroxylation is 1. The average Bonchev–Trinajstić information content (AvgIpc) is 1.99. The third kappa shape index (κ3) is 2.21. The maximum absolute atomic E-state index is 11.1. The van der Waals surface area contributed by atoms with Crippen LogP contribution >= 0.6 is 23.3 Å². The summed E-state index contributed by atoms with van der Waals surface area (Å²) in [5.41, 5.74) is 0.439. The third-order valence-electron chi connectivity index (χ3n) is 1.62. The lowest BCUT2D eigenvalue weighted by atomic mass is 10.1. The fraction of sp³-hybridized carbons (Fsp3) is 0.125. The van der Waals surface area contributed by atoms with Crippen LogP contribution in [0.2, 0.25) is 0 Å². The highest BCUT2D eigenvalue weighted by atomic mass is 35.7. The molecular weight excluding hydrogens is 242 g/mol. The number of nitrogens with zero attached hydrogens (tertiary/aromatic N) is 1. The summed E-state index contributed by atoms with van der Waals surface area (Å²) in [4.78, 5) is 0.391. The van der Waals surface area contributed by atoms with Crippen molar-refractivity contribution < 1.29 is 8.42 Å². The summed E-state index contributed by atoms with van der Waals surface area (Å²) in [6, 6.07) is 4.68. The highest BCUT2D eigenvalue weighted by molar-refractivity contribution is 8.13. The van der Waals surface area contributed by atoms with Crippen LogP contribution in [-0.2, 0) is 9.05 Å². The Bertz CT molecular complexity index is 517. The summed E-state index contributed by atoms with van der Waals surface area (Å²) in [5.74, 6) is 0. The van der Waals surface area contributed by atoms with E-state index in [-0.39, 0.29) is 10.5 Å². The maximum atomic E-state index is 11.1. The van der Waals surface area contributed by atoms with E-state index in [1.165, 1.54) is 6.07 Å². The van der Waals surface area contributed by atoms with Crippen LogP contribution in [0.15, 0.2) is 21.9 Å². The van der Waals surface area contributed by atoms with Gasteiger partial charge >= 0.3 is 0 Å². The van der Waals surface area contributed by atoms with E-state index in [1.807, 2.05) is 0 Å². The second-order valence-corrected chi connectivity index (χ2v) is 5.71. The van der Waals surface area contributed by atoms with Crippen molar-refractivity contribution in [3.8, 4) is 6.07 Å². The van der Waals surface area contributed by atoms with Crippen LogP contribution in [0.5, 0.6) is 0 Å². The fourth-order valence-corrected chi connectivity index (χ4v) is 2.91. The lowest BCUT2D eigenvalue weighted by Gasteiger charge is -2.04. The summed E-state index contributed by atoms with van der Waals surface area (Å²) in [7, 11) is 1.32. The molecule has 0 N–H and O–H groups in total. The van der Waals surface area contributed by atoms with E-state index in [4.69, 9.17) is 15.9 Å². The van der Waals surface area contributed by atoms with E-state index in [1.54, 1.807) is 19.1 Å². The van der Waals surface area contributed by atoms with Gasteiger partial charge in [-0.1, -0.05) is 0 Å². The largest absolute Gasteiger partial charge is 0.262 e. The second-order valence-electron chi connectivity index (χ2n) is 2.69. The Morgan fingerprint density at radius 2 is 2.07 bits per heavy atom. The molecule has 1 aromatic carbocycles. The minimum absolute atomic E-state index is 0.0185. The molecule has 0 bridgehead atoms. The predicted molar refractivity (Wildman–Crippen MR) is 56.2 cm³/mol. The van der Waals surface area contributed by atoms with E-state index in [9.17, 15) is 8.42 Å². The topological polar surface area (TPSA) is 57.9 Å². The number of hydrogen-bond donors (Lipinski definition) is 1. The molecule has 6 heteroatoms. The van der Waals surface area contributed by atoms with Gasteiger partial charge in [0.25, 0.3) is 9.05 Å². The van der Waals surface area contributed by atoms with Crippen LogP contribution in [0.25, 0.3) is 0 Å². The van der Waals surface area contributed by atoms with Gasteiger partial charge in [-0.15, -0.1) is 12.6 Å². The van der Waals surface area contributed by atoms with Crippen LogP contribution in [0.4, 0.5) is 0 Å². The first kappa shape index (κ1) is 11.4. The molecule has 74 valence electrons. The standard InChI is InChI=1S/C8H6ClNO2S2/c1-5-2-7(13)3-6(4-10)8(5)14(9,11)12/h2-3,13H,1H3. The van der Waals surface area contributed by atoms with E-state index in [2.05, 4.69) is 12.6 Å². The lowest BCUT2D eigenvalue weighted by Crippen LogP contribution is -1.98. The number of hydrogen-bond acceptors (Lipinski definition) is 4. The molecule has 0 unspecified atom stereocenters. The number of rotatable bonds is 1. The molecule has 14 heavy (non-hydrogen) atoms. The summed E-state index contributed by atoms with van der Waals surface area (Å²) < 4.78 is 22.3. The summed E-state index contributed by atoms with van der Waals surface area (Å²) in [5, 5.41) is 8.72. The average molecular weight is 248 g/mol. The first-order chi connectivity index (χ1) is 6.36. The normalized spacial score (nSPS) is 11.0. The highest BCUT2D eigenvalue weighted by Crippen LogP contribution is 2.26. The summed E-state index contributed by atoms with van der Waals surface area (Å²) >= 11 is 4.03. The first-order valence-corrected chi connectivity index (χ1v) is 6.30. The zero-order chi connectivity index (χ0) is 10.9. The molecule has 0 heterocycles. The SMILES string of the molecule is Cc1cc(S)cc(C#N)c1S(=O)(=O)Cl. The van der Waals surface area contributed by atoms with Gasteiger partial charge in [0.2, 0.25) is 0 Å². The molecule has 0 atom stereocenters. The number of thiol groups is 1. The Labute approximate surface area is 92.1 Å². The lowest BCUT2D eigenvalue weighted by molar-refractivity contribution is 0.608. The molecular formula is C8H6ClNO2S2. The van der Waals surface area contributed by atoms with Crippen molar-refractivity contribution in [1.82, 2.24) is 0 Å². The van der Waals surface area contributed by atoms with Crippen LogP contribution in [0, 0.1) is 18.3 Å². The monoisotopic (exact) mass is 247 g/mol.